The summed E-state index contributed by atoms with van der Waals surface area (Å²) in [6, 6.07) is 3.11. The normalized spacial score (nSPS) is 12.3. The molecule has 4 heteroatoms. The molecule has 2 aromatic rings. The van der Waals surface area contributed by atoms with Gasteiger partial charge in [-0.3, -0.25) is 0 Å². The molecule has 3 N–H and O–H groups in total. The molecule has 2 nitrogen and oxygen atoms in total. The summed E-state index contributed by atoms with van der Waals surface area (Å²) in [5, 5.41) is 1.10. The van der Waals surface area contributed by atoms with Crippen LogP contribution in [0.15, 0.2) is 24.4 Å². The van der Waals surface area contributed by atoms with Gasteiger partial charge in [-0.1, -0.05) is 31.0 Å². The molecule has 1 aromatic carbocycles. The molecule has 19 heavy (non-hydrogen) atoms. The summed E-state index contributed by atoms with van der Waals surface area (Å²) < 4.78 is 13.4. The van der Waals surface area contributed by atoms with Gasteiger partial charge in [0.25, 0.3) is 0 Å². The van der Waals surface area contributed by atoms with Crippen molar-refractivity contribution < 1.29 is 4.39 Å². The van der Waals surface area contributed by atoms with Crippen LogP contribution in [0.2, 0.25) is 5.02 Å². The summed E-state index contributed by atoms with van der Waals surface area (Å²) in [5.41, 5.74) is 8.65. The Hall–Kier alpha value is -1.32. The maximum atomic E-state index is 13.4. The highest BCUT2D eigenvalue weighted by Crippen LogP contribution is 2.31. The number of unbranched alkanes of at least 4 members (excludes halogenated alkanes) is 1. The molecule has 0 saturated heterocycles. The molecule has 0 unspecified atom stereocenters. The van der Waals surface area contributed by atoms with Crippen LogP contribution in [0.4, 0.5) is 4.39 Å². The third-order valence-corrected chi connectivity index (χ3v) is 3.52. The number of H-pyrrole nitrogens is 1. The smallest absolute Gasteiger partial charge is 0.143 e. The van der Waals surface area contributed by atoms with Crippen LogP contribution in [0, 0.1) is 5.82 Å². The minimum absolute atomic E-state index is 0.149. The minimum Gasteiger partial charge on any atom is -0.360 e. The Morgan fingerprint density at radius 1 is 1.47 bits per heavy atom. The van der Waals surface area contributed by atoms with Gasteiger partial charge in [-0.05, 0) is 30.5 Å². The second-order valence-electron chi connectivity index (χ2n) is 4.58. The molecule has 0 fully saturated rings. The number of fused-ring (bicyclic) bond motifs is 1. The molecule has 0 saturated carbocycles. The third-order valence-electron chi connectivity index (χ3n) is 3.23. The van der Waals surface area contributed by atoms with E-state index in [2.05, 4.69) is 11.9 Å². The number of benzene rings is 1. The molecule has 0 bridgehead atoms. The zero-order valence-corrected chi connectivity index (χ0v) is 11.7. The van der Waals surface area contributed by atoms with E-state index in [-0.39, 0.29) is 5.02 Å². The lowest BCUT2D eigenvalue weighted by molar-refractivity contribution is 0.630. The van der Waals surface area contributed by atoms with Gasteiger partial charge in [0.2, 0.25) is 0 Å². The summed E-state index contributed by atoms with van der Waals surface area (Å²) in [6.45, 7) is 2.65. The van der Waals surface area contributed by atoms with Gasteiger partial charge in [0, 0.05) is 29.2 Å². The first kappa shape index (κ1) is 14.1. The van der Waals surface area contributed by atoms with E-state index >= 15 is 0 Å². The Balaban J connectivity index is 2.48. The van der Waals surface area contributed by atoms with Crippen molar-refractivity contribution in [3.8, 4) is 0 Å². The average molecular weight is 281 g/mol. The van der Waals surface area contributed by atoms with Gasteiger partial charge in [-0.15, -0.1) is 0 Å². The van der Waals surface area contributed by atoms with E-state index in [0.717, 1.165) is 35.7 Å². The Morgan fingerprint density at radius 2 is 2.26 bits per heavy atom. The van der Waals surface area contributed by atoms with Crippen molar-refractivity contribution in [1.29, 1.82) is 0 Å². The first-order valence-electron chi connectivity index (χ1n) is 6.53. The molecule has 0 aliphatic heterocycles. The predicted molar refractivity (Wildman–Crippen MR) is 79.8 cm³/mol. The van der Waals surface area contributed by atoms with Crippen LogP contribution in [0.5, 0.6) is 0 Å². The fourth-order valence-corrected chi connectivity index (χ4v) is 2.40. The van der Waals surface area contributed by atoms with Gasteiger partial charge in [0.05, 0.1) is 5.02 Å². The maximum absolute atomic E-state index is 13.4. The second-order valence-corrected chi connectivity index (χ2v) is 4.99. The van der Waals surface area contributed by atoms with Gasteiger partial charge in [0.15, 0.2) is 0 Å². The molecule has 0 atom stereocenters. The van der Waals surface area contributed by atoms with Crippen LogP contribution in [0.3, 0.4) is 0 Å². The molecule has 0 radical (unpaired) electrons. The number of hydrogen-bond donors (Lipinski definition) is 2. The van der Waals surface area contributed by atoms with Crippen molar-refractivity contribution in [3.63, 3.8) is 0 Å². The first-order chi connectivity index (χ1) is 9.17. The number of nitrogens with one attached hydrogen (secondary N) is 1. The van der Waals surface area contributed by atoms with Crippen LogP contribution in [-0.2, 0) is 0 Å². The van der Waals surface area contributed by atoms with Crippen LogP contribution in [-0.4, -0.2) is 11.5 Å². The second kappa shape index (κ2) is 6.22. The topological polar surface area (TPSA) is 41.8 Å². The summed E-state index contributed by atoms with van der Waals surface area (Å²) in [7, 11) is 0. The monoisotopic (exact) mass is 280 g/mol. The van der Waals surface area contributed by atoms with Crippen molar-refractivity contribution >= 4 is 28.1 Å². The lowest BCUT2D eigenvalue weighted by Gasteiger charge is -2.06. The van der Waals surface area contributed by atoms with E-state index in [1.165, 1.54) is 11.6 Å². The number of hydrogen-bond acceptors (Lipinski definition) is 1. The summed E-state index contributed by atoms with van der Waals surface area (Å²) in [4.78, 5) is 3.09. The summed E-state index contributed by atoms with van der Waals surface area (Å²) in [5.74, 6) is -0.402. The number of nitrogens with two attached hydrogens (primary N) is 1. The number of halogens is 2. The van der Waals surface area contributed by atoms with Crippen LogP contribution < -0.4 is 5.73 Å². The van der Waals surface area contributed by atoms with Crippen molar-refractivity contribution in [2.75, 3.05) is 6.54 Å². The van der Waals surface area contributed by atoms with E-state index in [4.69, 9.17) is 17.3 Å². The van der Waals surface area contributed by atoms with Crippen LogP contribution in [0.1, 0.15) is 31.7 Å². The average Bonchev–Trinajstić information content (AvgIpc) is 2.78. The van der Waals surface area contributed by atoms with Gasteiger partial charge in [0.1, 0.15) is 5.82 Å². The largest absolute Gasteiger partial charge is 0.360 e. The lowest BCUT2D eigenvalue weighted by atomic mass is 9.99. The minimum atomic E-state index is -0.402. The van der Waals surface area contributed by atoms with Gasteiger partial charge < -0.3 is 10.7 Å². The molecule has 2 rings (SSSR count). The summed E-state index contributed by atoms with van der Waals surface area (Å²) >= 11 is 5.87. The molecule has 102 valence electrons. The standard InChI is InChI=1S/C15H18ClFN2/c1-2-3-4-10(5-6-18)12-9-19-15-8-14(17)13(16)7-11(12)15/h5,7-9,19H,2-4,6,18H2,1H3/b10-5+. The SMILES string of the molecule is CCCC/C(=C\CN)c1c[nH]c2cc(F)c(Cl)cc12. The van der Waals surface area contributed by atoms with Crippen LogP contribution >= 0.6 is 11.6 Å². The van der Waals surface area contributed by atoms with E-state index < -0.39 is 5.82 Å². The highest BCUT2D eigenvalue weighted by Gasteiger charge is 2.11. The molecule has 0 spiro atoms. The molecular weight excluding hydrogens is 263 g/mol. The first-order valence-corrected chi connectivity index (χ1v) is 6.90. The number of allylic oxidation sites excluding steroid dienone is 1. The number of aromatic nitrogens is 1. The highest BCUT2D eigenvalue weighted by molar-refractivity contribution is 6.31. The van der Waals surface area contributed by atoms with E-state index in [0.29, 0.717) is 6.54 Å². The van der Waals surface area contributed by atoms with E-state index in [1.807, 2.05) is 12.3 Å². The molecule has 1 heterocycles. The molecule has 1 aromatic heterocycles. The van der Waals surface area contributed by atoms with E-state index in [9.17, 15) is 4.39 Å². The molecular formula is C15H18ClFN2. The fraction of sp³-hybridized carbons (Fsp3) is 0.333. The highest BCUT2D eigenvalue weighted by atomic mass is 35.5. The molecule has 0 amide bonds. The Kier molecular flexibility index (Phi) is 4.61. The van der Waals surface area contributed by atoms with Crippen molar-refractivity contribution in [1.82, 2.24) is 4.98 Å². The third kappa shape index (κ3) is 2.99. The van der Waals surface area contributed by atoms with Gasteiger partial charge in [-0.25, -0.2) is 4.39 Å². The Bertz CT molecular complexity index is 601. The summed E-state index contributed by atoms with van der Waals surface area (Å²) in [6.07, 6.45) is 7.12. The quantitative estimate of drug-likeness (QED) is 0.832. The van der Waals surface area contributed by atoms with Crippen molar-refractivity contribution in [2.45, 2.75) is 26.2 Å². The van der Waals surface area contributed by atoms with Gasteiger partial charge >= 0.3 is 0 Å². The van der Waals surface area contributed by atoms with Crippen LogP contribution in [0.25, 0.3) is 16.5 Å². The lowest BCUT2D eigenvalue weighted by Crippen LogP contribution is -1.96. The predicted octanol–water partition coefficient (Wildman–Crippen LogP) is 4.49. The Morgan fingerprint density at radius 3 is 2.95 bits per heavy atom. The fourth-order valence-electron chi connectivity index (χ4n) is 2.24. The zero-order valence-electron chi connectivity index (χ0n) is 11.0. The van der Waals surface area contributed by atoms with Crippen molar-refractivity contribution in [2.24, 2.45) is 5.73 Å². The van der Waals surface area contributed by atoms with Gasteiger partial charge in [-0.2, -0.15) is 0 Å². The molecule has 0 aliphatic carbocycles. The number of rotatable bonds is 5. The zero-order chi connectivity index (χ0) is 13.8. The maximum Gasteiger partial charge on any atom is 0.143 e. The number of aromatic amines is 1. The Labute approximate surface area is 117 Å². The van der Waals surface area contributed by atoms with Crippen molar-refractivity contribution in [3.05, 3.63) is 40.8 Å². The van der Waals surface area contributed by atoms with E-state index in [1.54, 1.807) is 6.07 Å². The molecule has 0 aliphatic rings.